The van der Waals surface area contributed by atoms with Crippen LogP contribution < -0.4 is 10.0 Å². The summed E-state index contributed by atoms with van der Waals surface area (Å²) in [6.07, 6.45) is 7.94. The van der Waals surface area contributed by atoms with Gasteiger partial charge in [-0.25, -0.2) is 0 Å². The number of carboxylic acid groups (broad SMARTS) is 1. The molecule has 1 aliphatic carbocycles. The topological polar surface area (TPSA) is 47.8 Å². The summed E-state index contributed by atoms with van der Waals surface area (Å²) in [6, 6.07) is 9.47. The van der Waals surface area contributed by atoms with Crippen LogP contribution in [0.1, 0.15) is 39.7 Å². The first-order valence-electron chi connectivity index (χ1n) is 9.54. The number of quaternary nitrogens is 1. The number of hydrogen-bond donors (Lipinski definition) is 1. The van der Waals surface area contributed by atoms with Crippen LogP contribution in [0.3, 0.4) is 0 Å². The van der Waals surface area contributed by atoms with Crippen LogP contribution in [-0.2, 0) is 4.79 Å². The molecule has 4 rings (SSSR count). The van der Waals surface area contributed by atoms with E-state index >= 15 is 0 Å². The number of aliphatic carboxylic acids is 1. The van der Waals surface area contributed by atoms with E-state index in [2.05, 4.69) is 75.5 Å². The second-order valence-electron chi connectivity index (χ2n) is 7.40. The van der Waals surface area contributed by atoms with Crippen LogP contribution >= 0.6 is 0 Å². The van der Waals surface area contributed by atoms with Gasteiger partial charge in [0.05, 0.1) is 6.54 Å². The Kier molecular flexibility index (Phi) is 5.38. The third-order valence-corrected chi connectivity index (χ3v) is 5.48. The number of nitrogens with one attached hydrogen (secondary N) is 1. The van der Waals surface area contributed by atoms with E-state index in [9.17, 15) is 0 Å². The highest BCUT2D eigenvalue weighted by molar-refractivity contribution is 5.88. The van der Waals surface area contributed by atoms with E-state index < -0.39 is 5.97 Å². The molecule has 1 N–H and O–H groups in total. The number of rotatable bonds is 2. The molecule has 0 saturated carbocycles. The number of hydrogen-bond acceptors (Lipinski definition) is 3. The van der Waals surface area contributed by atoms with Crippen LogP contribution in [0.2, 0.25) is 0 Å². The van der Waals surface area contributed by atoms with E-state index in [1.54, 1.807) is 10.5 Å². The van der Waals surface area contributed by atoms with E-state index in [0.717, 1.165) is 6.92 Å². The minimum Gasteiger partial charge on any atom is -0.550 e. The number of benzene rings is 1. The van der Waals surface area contributed by atoms with Crippen molar-refractivity contribution in [3.8, 4) is 0 Å². The second-order valence-corrected chi connectivity index (χ2v) is 7.40. The van der Waals surface area contributed by atoms with Gasteiger partial charge in [-0.2, -0.15) is 0 Å². The van der Waals surface area contributed by atoms with Crippen molar-refractivity contribution >= 4 is 17.2 Å². The lowest BCUT2D eigenvalue weighted by molar-refractivity contribution is -0.840. The molecule has 2 unspecified atom stereocenters. The second kappa shape index (κ2) is 7.57. The van der Waals surface area contributed by atoms with Crippen LogP contribution in [0.5, 0.6) is 0 Å². The smallest absolute Gasteiger partial charge is 0.141 e. The summed E-state index contributed by atoms with van der Waals surface area (Å²) in [7, 11) is 2.11. The van der Waals surface area contributed by atoms with Gasteiger partial charge in [-0.1, -0.05) is 19.1 Å². The van der Waals surface area contributed by atoms with Gasteiger partial charge in [-0.3, -0.25) is 4.90 Å². The molecule has 0 spiro atoms. The average Bonchev–Trinajstić information content (AvgIpc) is 2.95. The summed E-state index contributed by atoms with van der Waals surface area (Å²) < 4.78 is 0. The molecule has 0 fully saturated rings. The minimum atomic E-state index is -1.08. The number of fused-ring (bicyclic) bond motifs is 4. The minimum absolute atomic E-state index is 0.479. The summed E-state index contributed by atoms with van der Waals surface area (Å²) in [6.45, 7) is 9.08. The van der Waals surface area contributed by atoms with Crippen LogP contribution in [0.15, 0.2) is 65.0 Å². The Hall–Kier alpha value is -2.59. The molecule has 2 atom stereocenters. The van der Waals surface area contributed by atoms with Crippen molar-refractivity contribution in [3.63, 3.8) is 0 Å². The Balaban J connectivity index is 0.000000481. The number of carbonyl (C=O) groups is 1. The van der Waals surface area contributed by atoms with Gasteiger partial charge in [0.25, 0.3) is 0 Å². The highest BCUT2D eigenvalue weighted by Gasteiger charge is 2.44. The van der Waals surface area contributed by atoms with Crippen molar-refractivity contribution in [2.24, 2.45) is 0 Å². The van der Waals surface area contributed by atoms with Gasteiger partial charge in [0.1, 0.15) is 11.7 Å². The molecule has 1 aromatic carbocycles. The number of nitrogens with zero attached hydrogens (tertiary/aromatic N) is 1. The number of carboxylic acids is 1. The average molecular weight is 364 g/mol. The fraction of sp³-hybridized carbons (Fsp3) is 0.348. The molecule has 0 amide bonds. The highest BCUT2D eigenvalue weighted by atomic mass is 16.4. The first-order valence-corrected chi connectivity index (χ1v) is 9.54. The van der Waals surface area contributed by atoms with Crippen LogP contribution in [-0.4, -0.2) is 30.5 Å². The summed E-state index contributed by atoms with van der Waals surface area (Å²) >= 11 is 0. The lowest BCUT2D eigenvalue weighted by atomic mass is 9.78. The third kappa shape index (κ3) is 3.37. The molecule has 0 radical (unpaired) electrons. The lowest BCUT2D eigenvalue weighted by Gasteiger charge is -2.32. The van der Waals surface area contributed by atoms with Crippen molar-refractivity contribution < 1.29 is 14.8 Å². The summed E-state index contributed by atoms with van der Waals surface area (Å²) in [4.78, 5) is 12.7. The molecule has 3 aliphatic rings. The van der Waals surface area contributed by atoms with Crippen molar-refractivity contribution in [3.05, 3.63) is 70.6 Å². The maximum absolute atomic E-state index is 8.89. The lowest BCUT2D eigenvalue weighted by Crippen LogP contribution is -3.10. The molecule has 1 aromatic rings. The fourth-order valence-corrected chi connectivity index (χ4v) is 4.47. The summed E-state index contributed by atoms with van der Waals surface area (Å²) in [5, 5.41) is 8.89. The summed E-state index contributed by atoms with van der Waals surface area (Å²) in [5.41, 5.74) is 10.3. The molecular formula is C23H28N2O2. The molecule has 2 heterocycles. The van der Waals surface area contributed by atoms with Crippen molar-refractivity contribution in [1.82, 2.24) is 4.90 Å². The fourth-order valence-electron chi connectivity index (χ4n) is 4.47. The van der Waals surface area contributed by atoms with Gasteiger partial charge in [0.2, 0.25) is 0 Å². The standard InChI is InChI=1S/C21H24N2.C2H4O2/c1-5-11-23-19-9-7-6-8-17(19)20-14(2)18-13-22(4)12-10-16(18)15(3)21(20)23;1-2(3)4/h6-10,12-13,21H,5,11H2,1-4H3;1H3,(H,3,4). The van der Waals surface area contributed by atoms with Gasteiger partial charge >= 0.3 is 0 Å². The normalized spacial score (nSPS) is 22.6. The Labute approximate surface area is 161 Å². The van der Waals surface area contributed by atoms with Gasteiger partial charge in [0, 0.05) is 42.1 Å². The van der Waals surface area contributed by atoms with Crippen LogP contribution in [0.4, 0.5) is 5.69 Å². The molecule has 0 saturated heterocycles. The van der Waals surface area contributed by atoms with Crippen LogP contribution in [0.25, 0.3) is 5.57 Å². The van der Waals surface area contributed by atoms with Gasteiger partial charge in [0.15, 0.2) is 0 Å². The Morgan fingerprint density at radius 1 is 1.26 bits per heavy atom. The Morgan fingerprint density at radius 3 is 2.59 bits per heavy atom. The maximum atomic E-state index is 8.89. The first kappa shape index (κ1) is 19.2. The third-order valence-electron chi connectivity index (χ3n) is 5.48. The molecule has 2 aliphatic heterocycles. The Bertz CT molecular complexity index is 885. The molecule has 0 aromatic heterocycles. The monoisotopic (exact) mass is 364 g/mol. The van der Waals surface area contributed by atoms with E-state index in [0.29, 0.717) is 6.04 Å². The predicted molar refractivity (Wildman–Crippen MR) is 107 cm³/mol. The zero-order valence-electron chi connectivity index (χ0n) is 16.8. The van der Waals surface area contributed by atoms with E-state index in [1.165, 1.54) is 46.5 Å². The molecule has 4 nitrogen and oxygen atoms in total. The number of allylic oxidation sites excluding steroid dienone is 4. The van der Waals surface area contributed by atoms with Gasteiger partial charge in [-0.15, -0.1) is 0 Å². The molecule has 0 bridgehead atoms. The van der Waals surface area contributed by atoms with E-state index in [1.807, 2.05) is 0 Å². The van der Waals surface area contributed by atoms with E-state index in [4.69, 9.17) is 9.90 Å². The SMILES string of the molecule is CC(=O)[O-].CCC[NH+]1c2ccccc2C2=C(C)C3=CN(C)C=CC3=C(C)C21. The largest absolute Gasteiger partial charge is 0.550 e. The zero-order chi connectivity index (χ0) is 19.7. The highest BCUT2D eigenvalue weighted by Crippen LogP contribution is 2.44. The Morgan fingerprint density at radius 2 is 1.93 bits per heavy atom. The van der Waals surface area contributed by atoms with Gasteiger partial charge < -0.3 is 14.8 Å². The first-order chi connectivity index (χ1) is 12.9. The number of carbonyl (C=O) groups excluding carboxylic acids is 1. The van der Waals surface area contributed by atoms with Gasteiger partial charge in [-0.05, 0) is 62.1 Å². The van der Waals surface area contributed by atoms with Crippen molar-refractivity contribution in [2.45, 2.75) is 40.2 Å². The molecular weight excluding hydrogens is 336 g/mol. The van der Waals surface area contributed by atoms with Crippen molar-refractivity contribution in [1.29, 1.82) is 0 Å². The summed E-state index contributed by atoms with van der Waals surface area (Å²) in [5.74, 6) is -1.08. The molecule has 142 valence electrons. The quantitative estimate of drug-likeness (QED) is 0.875. The van der Waals surface area contributed by atoms with Crippen LogP contribution in [0, 0.1) is 0 Å². The van der Waals surface area contributed by atoms with E-state index in [-0.39, 0.29) is 0 Å². The van der Waals surface area contributed by atoms with Crippen molar-refractivity contribution in [2.75, 3.05) is 13.6 Å². The predicted octanol–water partition coefficient (Wildman–Crippen LogP) is 2.20. The molecule has 4 heteroatoms. The zero-order valence-corrected chi connectivity index (χ0v) is 16.8. The molecule has 27 heavy (non-hydrogen) atoms. The maximum Gasteiger partial charge on any atom is 0.141 e. The number of para-hydroxylation sites is 1.